The molecule has 7 nitrogen and oxygen atoms in total. The second kappa shape index (κ2) is 8.09. The topological polar surface area (TPSA) is 91.8 Å². The number of nitrogens with zero attached hydrogens (tertiary/aromatic N) is 2. The molecule has 0 bridgehead atoms. The van der Waals surface area contributed by atoms with Crippen LogP contribution in [0.2, 0.25) is 0 Å². The Kier molecular flexibility index (Phi) is 6.06. The Morgan fingerprint density at radius 2 is 2.08 bits per heavy atom. The summed E-state index contributed by atoms with van der Waals surface area (Å²) in [6.07, 6.45) is 4.14. The van der Waals surface area contributed by atoms with Crippen molar-refractivity contribution in [2.24, 2.45) is 11.8 Å². The first-order chi connectivity index (χ1) is 12.0. The molecule has 0 amide bonds. The molecule has 1 aromatic rings. The predicted octanol–water partition coefficient (Wildman–Crippen LogP) is 1.09. The van der Waals surface area contributed by atoms with E-state index in [0.29, 0.717) is 44.1 Å². The van der Waals surface area contributed by atoms with Gasteiger partial charge in [0.1, 0.15) is 0 Å². The van der Waals surface area contributed by atoms with Crippen LogP contribution >= 0.6 is 0 Å². The smallest absolute Gasteiger partial charge is 0.280 e. The SMILES string of the molecule is COCC1CCN(S(=O)(=O)NC(c2ccccn2)C2CC(O)C2)CC1. The third-order valence-corrected chi connectivity index (χ3v) is 6.82. The Morgan fingerprint density at radius 3 is 2.64 bits per heavy atom. The van der Waals surface area contributed by atoms with E-state index in [4.69, 9.17) is 4.74 Å². The second-order valence-corrected chi connectivity index (χ2v) is 8.74. The summed E-state index contributed by atoms with van der Waals surface area (Å²) in [5.41, 5.74) is 0.706. The van der Waals surface area contributed by atoms with Crippen LogP contribution in [0.5, 0.6) is 0 Å². The molecular weight excluding hydrogens is 342 g/mol. The van der Waals surface area contributed by atoms with Crippen molar-refractivity contribution >= 4 is 10.2 Å². The molecule has 1 unspecified atom stereocenters. The van der Waals surface area contributed by atoms with Crippen LogP contribution < -0.4 is 4.72 Å². The van der Waals surface area contributed by atoms with Crippen LogP contribution in [0.4, 0.5) is 0 Å². The molecule has 2 fully saturated rings. The molecule has 0 spiro atoms. The van der Waals surface area contributed by atoms with E-state index in [0.717, 1.165) is 12.8 Å². The molecular formula is C17H27N3O4S. The molecule has 2 N–H and O–H groups in total. The molecule has 8 heteroatoms. The number of hydrogen-bond donors (Lipinski definition) is 2. The Labute approximate surface area is 149 Å². The lowest BCUT2D eigenvalue weighted by molar-refractivity contribution is 0.0269. The van der Waals surface area contributed by atoms with E-state index in [1.807, 2.05) is 18.2 Å². The summed E-state index contributed by atoms with van der Waals surface area (Å²) in [4.78, 5) is 4.33. The number of methoxy groups -OCH3 is 1. The van der Waals surface area contributed by atoms with Gasteiger partial charge in [0.25, 0.3) is 10.2 Å². The number of rotatable bonds is 7. The van der Waals surface area contributed by atoms with Crippen LogP contribution in [0.3, 0.4) is 0 Å². The minimum Gasteiger partial charge on any atom is -0.393 e. The molecule has 1 aromatic heterocycles. The van der Waals surface area contributed by atoms with E-state index in [2.05, 4.69) is 9.71 Å². The number of piperidine rings is 1. The fourth-order valence-electron chi connectivity index (χ4n) is 3.65. The Hall–Kier alpha value is -1.06. The lowest BCUT2D eigenvalue weighted by Crippen LogP contribution is -2.49. The summed E-state index contributed by atoms with van der Waals surface area (Å²) < 4.78 is 35.2. The van der Waals surface area contributed by atoms with Crippen molar-refractivity contribution in [1.29, 1.82) is 0 Å². The molecule has 1 atom stereocenters. The first-order valence-electron chi connectivity index (χ1n) is 8.85. The van der Waals surface area contributed by atoms with Crippen molar-refractivity contribution in [3.8, 4) is 0 Å². The summed E-state index contributed by atoms with van der Waals surface area (Å²) >= 11 is 0. The highest BCUT2D eigenvalue weighted by Gasteiger charge is 2.39. The standard InChI is InChI=1S/C17H27N3O4S/c1-24-12-13-5-8-20(9-6-13)25(22,23)19-17(14-10-15(21)11-14)16-4-2-3-7-18-16/h2-4,7,13-15,17,19,21H,5-6,8-12H2,1H3. The Balaban J connectivity index is 1.68. The van der Waals surface area contributed by atoms with Crippen molar-refractivity contribution in [2.45, 2.75) is 37.8 Å². The summed E-state index contributed by atoms with van der Waals surface area (Å²) in [6.45, 7) is 1.69. The average molecular weight is 369 g/mol. The molecule has 2 aliphatic rings. The van der Waals surface area contributed by atoms with Gasteiger partial charge in [-0.05, 0) is 49.7 Å². The number of nitrogens with one attached hydrogen (secondary N) is 1. The van der Waals surface area contributed by atoms with E-state index in [-0.39, 0.29) is 12.0 Å². The van der Waals surface area contributed by atoms with Gasteiger partial charge in [0.15, 0.2) is 0 Å². The summed E-state index contributed by atoms with van der Waals surface area (Å²) in [7, 11) is -1.91. The van der Waals surface area contributed by atoms with Crippen LogP contribution in [0.25, 0.3) is 0 Å². The van der Waals surface area contributed by atoms with E-state index in [1.165, 1.54) is 4.31 Å². The van der Waals surface area contributed by atoms with Crippen molar-refractivity contribution in [3.63, 3.8) is 0 Å². The number of aliphatic hydroxyl groups is 1. The number of pyridine rings is 1. The van der Waals surface area contributed by atoms with Gasteiger partial charge in [0.05, 0.1) is 17.8 Å². The van der Waals surface area contributed by atoms with Gasteiger partial charge >= 0.3 is 0 Å². The van der Waals surface area contributed by atoms with Gasteiger partial charge in [0, 0.05) is 33.0 Å². The highest BCUT2D eigenvalue weighted by atomic mass is 32.2. The Bertz CT molecular complexity index is 641. The molecule has 0 aromatic carbocycles. The minimum absolute atomic E-state index is 0.0747. The Morgan fingerprint density at radius 1 is 1.36 bits per heavy atom. The summed E-state index contributed by atoms with van der Waals surface area (Å²) in [5.74, 6) is 0.496. The first-order valence-corrected chi connectivity index (χ1v) is 10.3. The molecule has 1 aliphatic carbocycles. The maximum atomic E-state index is 12.9. The van der Waals surface area contributed by atoms with Gasteiger partial charge in [-0.1, -0.05) is 6.07 Å². The fraction of sp³-hybridized carbons (Fsp3) is 0.706. The zero-order valence-electron chi connectivity index (χ0n) is 14.5. The van der Waals surface area contributed by atoms with E-state index >= 15 is 0 Å². The van der Waals surface area contributed by atoms with Crippen LogP contribution in [-0.2, 0) is 14.9 Å². The van der Waals surface area contributed by atoms with E-state index in [1.54, 1.807) is 13.3 Å². The molecule has 1 saturated carbocycles. The lowest BCUT2D eigenvalue weighted by Gasteiger charge is -2.39. The summed E-state index contributed by atoms with van der Waals surface area (Å²) in [6, 6.07) is 5.11. The molecule has 1 saturated heterocycles. The van der Waals surface area contributed by atoms with Crippen molar-refractivity contribution in [3.05, 3.63) is 30.1 Å². The molecule has 140 valence electrons. The monoisotopic (exact) mass is 369 g/mol. The zero-order chi connectivity index (χ0) is 17.9. The van der Waals surface area contributed by atoms with Crippen molar-refractivity contribution < 1.29 is 18.3 Å². The number of aromatic nitrogens is 1. The van der Waals surface area contributed by atoms with Gasteiger partial charge in [-0.15, -0.1) is 0 Å². The van der Waals surface area contributed by atoms with Gasteiger partial charge in [0.2, 0.25) is 0 Å². The molecule has 3 rings (SSSR count). The normalized spacial score (nSPS) is 27.0. The van der Waals surface area contributed by atoms with E-state index in [9.17, 15) is 13.5 Å². The maximum absolute atomic E-state index is 12.9. The third-order valence-electron chi connectivity index (χ3n) is 5.22. The summed E-state index contributed by atoms with van der Waals surface area (Å²) in [5, 5.41) is 9.62. The molecule has 2 heterocycles. The van der Waals surface area contributed by atoms with Crippen LogP contribution in [0.1, 0.15) is 37.4 Å². The lowest BCUT2D eigenvalue weighted by atomic mass is 9.76. The van der Waals surface area contributed by atoms with Crippen LogP contribution in [0, 0.1) is 11.8 Å². The highest BCUT2D eigenvalue weighted by molar-refractivity contribution is 7.87. The predicted molar refractivity (Wildman–Crippen MR) is 93.9 cm³/mol. The van der Waals surface area contributed by atoms with E-state index < -0.39 is 16.3 Å². The van der Waals surface area contributed by atoms with Gasteiger partial charge in [-0.3, -0.25) is 4.98 Å². The largest absolute Gasteiger partial charge is 0.393 e. The van der Waals surface area contributed by atoms with Gasteiger partial charge in [-0.2, -0.15) is 17.4 Å². The van der Waals surface area contributed by atoms with Gasteiger partial charge < -0.3 is 9.84 Å². The first kappa shape index (κ1) is 18.7. The fourth-order valence-corrected chi connectivity index (χ4v) is 5.12. The molecule has 25 heavy (non-hydrogen) atoms. The van der Waals surface area contributed by atoms with Crippen LogP contribution in [0.15, 0.2) is 24.4 Å². The van der Waals surface area contributed by atoms with Crippen LogP contribution in [-0.4, -0.2) is 55.7 Å². The second-order valence-electron chi connectivity index (χ2n) is 7.04. The number of ether oxygens (including phenoxy) is 1. The van der Waals surface area contributed by atoms with Crippen molar-refractivity contribution in [2.75, 3.05) is 26.8 Å². The minimum atomic E-state index is -3.59. The number of hydrogen-bond acceptors (Lipinski definition) is 5. The quantitative estimate of drug-likeness (QED) is 0.751. The third kappa shape index (κ3) is 4.57. The molecule has 0 radical (unpaired) electrons. The number of aliphatic hydroxyl groups excluding tert-OH is 1. The average Bonchev–Trinajstić information content (AvgIpc) is 2.59. The highest BCUT2D eigenvalue weighted by Crippen LogP contribution is 2.38. The molecule has 1 aliphatic heterocycles. The zero-order valence-corrected chi connectivity index (χ0v) is 15.4. The maximum Gasteiger partial charge on any atom is 0.280 e. The van der Waals surface area contributed by atoms with Gasteiger partial charge in [-0.25, -0.2) is 0 Å². The van der Waals surface area contributed by atoms with Crippen molar-refractivity contribution in [1.82, 2.24) is 14.0 Å².